The smallest absolute Gasteiger partial charge is 0.320 e. The lowest BCUT2D eigenvalue weighted by atomic mass is 10.0. The number of hydrogen-bond donors (Lipinski definition) is 1. The van der Waals surface area contributed by atoms with E-state index in [0.717, 1.165) is 30.7 Å². The third-order valence-electron chi connectivity index (χ3n) is 4.00. The van der Waals surface area contributed by atoms with Crippen molar-refractivity contribution in [3.8, 4) is 5.75 Å². The van der Waals surface area contributed by atoms with Gasteiger partial charge in [-0.2, -0.15) is 0 Å². The third-order valence-corrected chi connectivity index (χ3v) is 4.00. The molecule has 1 atom stereocenters. The normalized spacial score (nSPS) is 19.5. The lowest BCUT2D eigenvalue weighted by Crippen LogP contribution is -2.35. The first-order valence-electron chi connectivity index (χ1n) is 7.16. The number of carboxylic acids is 1. The number of likely N-dealkylation sites (tertiary alicyclic amines) is 1. The summed E-state index contributed by atoms with van der Waals surface area (Å²) < 4.78 is 5.47. The standard InChI is InChI=1S/C16H23NO3/c1-11(2)12-6-7-13(15(9-12)20-3)10-17-8-4-5-14(17)16(18)19/h6-7,9,11,14H,4-5,8,10H2,1-3H3,(H,18,19). The largest absolute Gasteiger partial charge is 0.496 e. The van der Waals surface area contributed by atoms with E-state index in [2.05, 4.69) is 32.0 Å². The van der Waals surface area contributed by atoms with Gasteiger partial charge in [0.25, 0.3) is 0 Å². The number of methoxy groups -OCH3 is 1. The van der Waals surface area contributed by atoms with Crippen molar-refractivity contribution >= 4 is 5.97 Å². The zero-order valence-corrected chi connectivity index (χ0v) is 12.4. The Morgan fingerprint density at radius 1 is 1.50 bits per heavy atom. The van der Waals surface area contributed by atoms with Gasteiger partial charge in [0.1, 0.15) is 11.8 Å². The maximum Gasteiger partial charge on any atom is 0.320 e. The van der Waals surface area contributed by atoms with Gasteiger partial charge in [-0.1, -0.05) is 26.0 Å². The molecule has 1 aromatic carbocycles. The molecule has 1 unspecified atom stereocenters. The van der Waals surface area contributed by atoms with Crippen molar-refractivity contribution < 1.29 is 14.6 Å². The van der Waals surface area contributed by atoms with Crippen LogP contribution in [0.25, 0.3) is 0 Å². The molecule has 1 aliphatic rings. The molecule has 110 valence electrons. The Hall–Kier alpha value is -1.55. The zero-order chi connectivity index (χ0) is 14.7. The van der Waals surface area contributed by atoms with Crippen molar-refractivity contribution in [2.75, 3.05) is 13.7 Å². The van der Waals surface area contributed by atoms with Gasteiger partial charge in [0, 0.05) is 12.1 Å². The highest BCUT2D eigenvalue weighted by molar-refractivity contribution is 5.73. The van der Waals surface area contributed by atoms with Crippen LogP contribution in [0.4, 0.5) is 0 Å². The topological polar surface area (TPSA) is 49.8 Å². The number of carbonyl (C=O) groups is 1. The molecule has 1 aliphatic heterocycles. The van der Waals surface area contributed by atoms with E-state index in [1.807, 2.05) is 4.90 Å². The quantitative estimate of drug-likeness (QED) is 0.899. The van der Waals surface area contributed by atoms with Gasteiger partial charge in [-0.15, -0.1) is 0 Å². The molecule has 0 aromatic heterocycles. The average Bonchev–Trinajstić information content (AvgIpc) is 2.87. The predicted octanol–water partition coefficient (Wildman–Crippen LogP) is 2.87. The van der Waals surface area contributed by atoms with E-state index in [-0.39, 0.29) is 6.04 Å². The van der Waals surface area contributed by atoms with E-state index in [4.69, 9.17) is 4.74 Å². The van der Waals surface area contributed by atoms with Crippen LogP contribution in [0.1, 0.15) is 43.7 Å². The molecule has 2 rings (SSSR count). The van der Waals surface area contributed by atoms with E-state index in [1.54, 1.807) is 7.11 Å². The van der Waals surface area contributed by atoms with Gasteiger partial charge in [-0.05, 0) is 36.9 Å². The summed E-state index contributed by atoms with van der Waals surface area (Å²) in [6.07, 6.45) is 1.69. The van der Waals surface area contributed by atoms with E-state index in [1.165, 1.54) is 5.56 Å². The number of benzene rings is 1. The van der Waals surface area contributed by atoms with Crippen molar-refractivity contribution in [1.82, 2.24) is 4.90 Å². The van der Waals surface area contributed by atoms with Gasteiger partial charge in [0.05, 0.1) is 7.11 Å². The molecule has 1 fully saturated rings. The molecular formula is C16H23NO3. The summed E-state index contributed by atoms with van der Waals surface area (Å²) in [6, 6.07) is 5.87. The Bertz CT molecular complexity index is 485. The first-order chi connectivity index (χ1) is 9.52. The average molecular weight is 277 g/mol. The second-order valence-corrected chi connectivity index (χ2v) is 5.69. The number of nitrogens with zero attached hydrogens (tertiary/aromatic N) is 1. The summed E-state index contributed by atoms with van der Waals surface area (Å²) >= 11 is 0. The van der Waals surface area contributed by atoms with Crippen LogP contribution in [0.2, 0.25) is 0 Å². The van der Waals surface area contributed by atoms with Crippen molar-refractivity contribution in [3.05, 3.63) is 29.3 Å². The summed E-state index contributed by atoms with van der Waals surface area (Å²) in [4.78, 5) is 13.3. The Labute approximate surface area is 120 Å². The first-order valence-corrected chi connectivity index (χ1v) is 7.16. The highest BCUT2D eigenvalue weighted by Crippen LogP contribution is 2.28. The molecule has 0 spiro atoms. The number of aliphatic carboxylic acids is 1. The van der Waals surface area contributed by atoms with Gasteiger partial charge >= 0.3 is 5.97 Å². The Balaban J connectivity index is 2.18. The van der Waals surface area contributed by atoms with Crippen molar-refractivity contribution in [3.63, 3.8) is 0 Å². The Morgan fingerprint density at radius 2 is 2.25 bits per heavy atom. The molecule has 0 bridgehead atoms. The molecular weight excluding hydrogens is 254 g/mol. The summed E-state index contributed by atoms with van der Waals surface area (Å²) in [5.74, 6) is 0.587. The van der Waals surface area contributed by atoms with Gasteiger partial charge in [-0.3, -0.25) is 9.69 Å². The van der Waals surface area contributed by atoms with Gasteiger partial charge in [-0.25, -0.2) is 0 Å². The molecule has 20 heavy (non-hydrogen) atoms. The molecule has 1 heterocycles. The molecule has 0 saturated carbocycles. The lowest BCUT2D eigenvalue weighted by molar-refractivity contribution is -0.142. The monoisotopic (exact) mass is 277 g/mol. The second kappa shape index (κ2) is 6.27. The van der Waals surface area contributed by atoms with Gasteiger partial charge in [0.15, 0.2) is 0 Å². The Morgan fingerprint density at radius 3 is 2.85 bits per heavy atom. The summed E-state index contributed by atoms with van der Waals surface area (Å²) in [5, 5.41) is 9.23. The van der Waals surface area contributed by atoms with E-state index >= 15 is 0 Å². The Kier molecular flexibility index (Phi) is 4.65. The minimum atomic E-state index is -0.722. The van der Waals surface area contributed by atoms with Crippen LogP contribution in [0, 0.1) is 0 Å². The van der Waals surface area contributed by atoms with Crippen molar-refractivity contribution in [2.24, 2.45) is 0 Å². The lowest BCUT2D eigenvalue weighted by Gasteiger charge is -2.22. The van der Waals surface area contributed by atoms with Crippen LogP contribution < -0.4 is 4.74 Å². The summed E-state index contributed by atoms with van der Waals surface area (Å²) in [6.45, 7) is 5.77. The van der Waals surface area contributed by atoms with E-state index in [0.29, 0.717) is 12.5 Å². The van der Waals surface area contributed by atoms with Crippen molar-refractivity contribution in [2.45, 2.75) is 45.2 Å². The zero-order valence-electron chi connectivity index (χ0n) is 12.4. The van der Waals surface area contributed by atoms with Crippen LogP contribution in [-0.2, 0) is 11.3 Å². The SMILES string of the molecule is COc1cc(C(C)C)ccc1CN1CCCC1C(=O)O. The van der Waals surface area contributed by atoms with Crippen LogP contribution >= 0.6 is 0 Å². The van der Waals surface area contributed by atoms with Gasteiger partial charge < -0.3 is 9.84 Å². The van der Waals surface area contributed by atoms with Crippen LogP contribution in [0.15, 0.2) is 18.2 Å². The highest BCUT2D eigenvalue weighted by atomic mass is 16.5. The molecule has 0 amide bonds. The molecule has 1 saturated heterocycles. The molecule has 4 nitrogen and oxygen atoms in total. The number of ether oxygens (including phenoxy) is 1. The fourth-order valence-corrected chi connectivity index (χ4v) is 2.76. The van der Waals surface area contributed by atoms with Crippen LogP contribution in [0.3, 0.4) is 0 Å². The third kappa shape index (κ3) is 3.12. The second-order valence-electron chi connectivity index (χ2n) is 5.69. The molecule has 0 aliphatic carbocycles. The highest BCUT2D eigenvalue weighted by Gasteiger charge is 2.30. The molecule has 1 aromatic rings. The fourth-order valence-electron chi connectivity index (χ4n) is 2.76. The van der Waals surface area contributed by atoms with Gasteiger partial charge in [0.2, 0.25) is 0 Å². The minimum Gasteiger partial charge on any atom is -0.496 e. The number of hydrogen-bond acceptors (Lipinski definition) is 3. The maximum absolute atomic E-state index is 11.2. The summed E-state index contributed by atoms with van der Waals surface area (Å²) in [7, 11) is 1.67. The summed E-state index contributed by atoms with van der Waals surface area (Å²) in [5.41, 5.74) is 2.30. The van der Waals surface area contributed by atoms with Crippen LogP contribution in [0.5, 0.6) is 5.75 Å². The van der Waals surface area contributed by atoms with Crippen LogP contribution in [-0.4, -0.2) is 35.7 Å². The predicted molar refractivity (Wildman–Crippen MR) is 78.2 cm³/mol. The first kappa shape index (κ1) is 14.9. The molecule has 0 radical (unpaired) electrons. The fraction of sp³-hybridized carbons (Fsp3) is 0.562. The van der Waals surface area contributed by atoms with E-state index < -0.39 is 5.97 Å². The molecule has 4 heteroatoms. The maximum atomic E-state index is 11.2. The number of carboxylic acid groups (broad SMARTS) is 1. The minimum absolute atomic E-state index is 0.357. The number of rotatable bonds is 5. The molecule has 1 N–H and O–H groups in total. The van der Waals surface area contributed by atoms with E-state index in [9.17, 15) is 9.90 Å². The van der Waals surface area contributed by atoms with Crippen molar-refractivity contribution in [1.29, 1.82) is 0 Å².